The molecule has 0 radical (unpaired) electrons. The molecule has 0 aliphatic rings. The van der Waals surface area contributed by atoms with E-state index in [4.69, 9.17) is 11.6 Å². The van der Waals surface area contributed by atoms with Crippen molar-refractivity contribution >= 4 is 43.2 Å². The zero-order valence-corrected chi connectivity index (χ0v) is 15.0. The van der Waals surface area contributed by atoms with Crippen molar-refractivity contribution in [2.75, 3.05) is 0 Å². The molecule has 0 unspecified atom stereocenters. The first kappa shape index (κ1) is 16.2. The molecule has 0 spiro atoms. The normalized spacial score (nSPS) is 12.9. The smallest absolute Gasteiger partial charge is 0.285 e. The molecule has 120 valence electrons. The maximum Gasteiger partial charge on any atom is 0.285 e. The van der Waals surface area contributed by atoms with Gasteiger partial charge in [0.15, 0.2) is 0 Å². The van der Waals surface area contributed by atoms with Gasteiger partial charge in [-0.25, -0.2) is 0 Å². The van der Waals surface area contributed by atoms with E-state index in [9.17, 15) is 8.42 Å². The van der Waals surface area contributed by atoms with E-state index >= 15 is 0 Å². The lowest BCUT2D eigenvalue weighted by molar-refractivity contribution is 0.596. The highest BCUT2D eigenvalue weighted by molar-refractivity contribution is 7.90. The molecule has 23 heavy (non-hydrogen) atoms. The van der Waals surface area contributed by atoms with E-state index in [1.54, 1.807) is 12.1 Å². The second-order valence-electron chi connectivity index (χ2n) is 5.08. The number of nitrogens with zero attached hydrogens (tertiary/aromatic N) is 2. The van der Waals surface area contributed by atoms with Crippen molar-refractivity contribution < 1.29 is 8.42 Å². The summed E-state index contributed by atoms with van der Waals surface area (Å²) in [5, 5.41) is 0.490. The third kappa shape index (κ3) is 3.06. The Morgan fingerprint density at radius 1 is 1.17 bits per heavy atom. The van der Waals surface area contributed by atoms with E-state index < -0.39 is 10.0 Å². The Kier molecular flexibility index (Phi) is 4.31. The van der Waals surface area contributed by atoms with Crippen LogP contribution in [0.4, 0.5) is 0 Å². The van der Waals surface area contributed by atoms with E-state index in [1.807, 2.05) is 29.8 Å². The monoisotopic (exact) mass is 366 g/mol. The largest absolute Gasteiger partial charge is 0.319 e. The lowest BCUT2D eigenvalue weighted by Crippen LogP contribution is -2.14. The van der Waals surface area contributed by atoms with Gasteiger partial charge in [0.05, 0.1) is 15.1 Å². The number of aryl methyl sites for hydroxylation is 2. The second-order valence-corrected chi connectivity index (χ2v) is 8.13. The van der Waals surface area contributed by atoms with Crippen LogP contribution in [0.3, 0.4) is 0 Å². The first-order valence-electron chi connectivity index (χ1n) is 7.06. The molecular weight excluding hydrogens is 352 g/mol. The minimum absolute atomic E-state index is 0.134. The highest BCUT2D eigenvalue weighted by Crippen LogP contribution is 2.22. The summed E-state index contributed by atoms with van der Waals surface area (Å²) in [4.78, 5) is 0.589. The predicted octanol–water partition coefficient (Wildman–Crippen LogP) is 3.75. The number of rotatable bonds is 3. The predicted molar refractivity (Wildman–Crippen MR) is 94.4 cm³/mol. The van der Waals surface area contributed by atoms with Crippen LogP contribution in [0.1, 0.15) is 12.5 Å². The summed E-state index contributed by atoms with van der Waals surface area (Å²) in [6.45, 7) is 2.08. The lowest BCUT2D eigenvalue weighted by Gasteiger charge is -2.02. The standard InChI is InChI=1S/C16H15ClN2O2S2/c1-3-11-5-4-6-14-15(11)19(2)16(22-14)18-23(20,21)13-9-7-12(17)8-10-13/h4-10H,3H2,1-2H3. The van der Waals surface area contributed by atoms with Crippen LogP contribution in [-0.2, 0) is 23.5 Å². The number of hydrogen-bond acceptors (Lipinski definition) is 3. The molecule has 2 aromatic carbocycles. The van der Waals surface area contributed by atoms with Gasteiger partial charge in [0.2, 0.25) is 4.80 Å². The zero-order chi connectivity index (χ0) is 16.6. The zero-order valence-electron chi connectivity index (χ0n) is 12.7. The van der Waals surface area contributed by atoms with Crippen LogP contribution in [0.25, 0.3) is 10.2 Å². The molecular formula is C16H15ClN2O2S2. The fourth-order valence-corrected chi connectivity index (χ4v) is 4.84. The van der Waals surface area contributed by atoms with Crippen LogP contribution in [0.5, 0.6) is 0 Å². The third-order valence-corrected chi connectivity index (χ3v) is 6.34. The van der Waals surface area contributed by atoms with Gasteiger partial charge in [-0.05, 0) is 42.3 Å². The molecule has 3 aromatic rings. The number of fused-ring (bicyclic) bond motifs is 1. The van der Waals surface area contributed by atoms with Gasteiger partial charge in [-0.2, -0.15) is 8.42 Å². The van der Waals surface area contributed by atoms with Gasteiger partial charge in [-0.1, -0.05) is 42.0 Å². The van der Waals surface area contributed by atoms with Crippen LogP contribution < -0.4 is 4.80 Å². The van der Waals surface area contributed by atoms with Crippen LogP contribution >= 0.6 is 22.9 Å². The van der Waals surface area contributed by atoms with Crippen LogP contribution in [-0.4, -0.2) is 13.0 Å². The fraction of sp³-hybridized carbons (Fsp3) is 0.188. The molecule has 3 rings (SSSR count). The number of para-hydroxylation sites is 1. The molecule has 0 amide bonds. The maximum absolute atomic E-state index is 12.5. The van der Waals surface area contributed by atoms with Crippen molar-refractivity contribution in [3.63, 3.8) is 0 Å². The number of hydrogen-bond donors (Lipinski definition) is 0. The molecule has 1 heterocycles. The van der Waals surface area contributed by atoms with Gasteiger partial charge in [0.25, 0.3) is 10.0 Å². The maximum atomic E-state index is 12.5. The Bertz CT molecular complexity index is 1030. The summed E-state index contributed by atoms with van der Waals surface area (Å²) in [7, 11) is -1.92. The summed E-state index contributed by atoms with van der Waals surface area (Å²) in [5.74, 6) is 0. The van der Waals surface area contributed by atoms with Gasteiger partial charge in [0.1, 0.15) is 0 Å². The quantitative estimate of drug-likeness (QED) is 0.708. The summed E-state index contributed by atoms with van der Waals surface area (Å²) < 4.78 is 31.8. The van der Waals surface area contributed by atoms with Crippen molar-refractivity contribution in [3.8, 4) is 0 Å². The van der Waals surface area contributed by atoms with Gasteiger partial charge in [0, 0.05) is 12.1 Å². The molecule has 0 fully saturated rings. The lowest BCUT2D eigenvalue weighted by atomic mass is 10.1. The Balaban J connectivity index is 2.21. The van der Waals surface area contributed by atoms with Gasteiger partial charge in [-0.15, -0.1) is 4.40 Å². The average Bonchev–Trinajstić information content (AvgIpc) is 2.83. The fourth-order valence-electron chi connectivity index (χ4n) is 2.42. The molecule has 0 saturated heterocycles. The summed E-state index contributed by atoms with van der Waals surface area (Å²) >= 11 is 7.18. The van der Waals surface area contributed by atoms with Crippen molar-refractivity contribution in [1.82, 2.24) is 4.57 Å². The third-order valence-electron chi connectivity index (χ3n) is 3.60. The topological polar surface area (TPSA) is 51.4 Å². The van der Waals surface area contributed by atoms with Crippen molar-refractivity contribution in [3.05, 3.63) is 57.9 Å². The minimum Gasteiger partial charge on any atom is -0.319 e. The Morgan fingerprint density at radius 3 is 2.52 bits per heavy atom. The van der Waals surface area contributed by atoms with Crippen molar-refractivity contribution in [1.29, 1.82) is 0 Å². The van der Waals surface area contributed by atoms with Crippen LogP contribution in [0.2, 0.25) is 5.02 Å². The Labute approximate surface area is 143 Å². The highest BCUT2D eigenvalue weighted by Gasteiger charge is 2.14. The molecule has 0 saturated carbocycles. The van der Waals surface area contributed by atoms with E-state index in [2.05, 4.69) is 11.3 Å². The molecule has 0 bridgehead atoms. The van der Waals surface area contributed by atoms with Gasteiger partial charge in [-0.3, -0.25) is 0 Å². The molecule has 4 nitrogen and oxygen atoms in total. The molecule has 1 aromatic heterocycles. The highest BCUT2D eigenvalue weighted by atomic mass is 35.5. The van der Waals surface area contributed by atoms with Crippen molar-refractivity contribution in [2.24, 2.45) is 11.4 Å². The molecule has 0 aliphatic carbocycles. The SMILES string of the molecule is CCc1cccc2sc(=NS(=O)(=O)c3ccc(Cl)cc3)n(C)c12. The minimum atomic E-state index is -3.76. The molecule has 0 aliphatic heterocycles. The number of benzene rings is 2. The van der Waals surface area contributed by atoms with Crippen LogP contribution in [0.15, 0.2) is 51.8 Å². The number of halogens is 1. The number of sulfonamides is 1. The average molecular weight is 367 g/mol. The number of thiazole rings is 1. The molecule has 7 heteroatoms. The van der Waals surface area contributed by atoms with Gasteiger partial charge >= 0.3 is 0 Å². The van der Waals surface area contributed by atoms with E-state index in [1.165, 1.54) is 29.0 Å². The van der Waals surface area contributed by atoms with Crippen molar-refractivity contribution in [2.45, 2.75) is 18.2 Å². The molecule has 0 atom stereocenters. The van der Waals surface area contributed by atoms with E-state index in [-0.39, 0.29) is 4.90 Å². The molecule has 0 N–H and O–H groups in total. The Morgan fingerprint density at radius 2 is 1.87 bits per heavy atom. The second kappa shape index (κ2) is 6.11. The summed E-state index contributed by atoms with van der Waals surface area (Å²) in [6.07, 6.45) is 0.880. The van der Waals surface area contributed by atoms with E-state index in [0.29, 0.717) is 9.82 Å². The van der Waals surface area contributed by atoms with E-state index in [0.717, 1.165) is 16.6 Å². The first-order chi connectivity index (χ1) is 10.9. The summed E-state index contributed by atoms with van der Waals surface area (Å²) in [5.41, 5.74) is 2.21. The summed E-state index contributed by atoms with van der Waals surface area (Å²) in [6, 6.07) is 12.0. The van der Waals surface area contributed by atoms with Crippen LogP contribution in [0, 0.1) is 0 Å². The Hall–Kier alpha value is -1.63. The number of aromatic nitrogens is 1. The first-order valence-corrected chi connectivity index (χ1v) is 9.70. The van der Waals surface area contributed by atoms with Gasteiger partial charge < -0.3 is 4.57 Å².